The van der Waals surface area contributed by atoms with Crippen LogP contribution in [0.2, 0.25) is 0 Å². The molecule has 1 saturated carbocycles. The summed E-state index contributed by atoms with van der Waals surface area (Å²) in [4.78, 5) is 25.9. The molecule has 18 heavy (non-hydrogen) atoms. The van der Waals surface area contributed by atoms with E-state index in [1.165, 1.54) is 0 Å². The molecule has 0 aromatic heterocycles. The third-order valence-electron chi connectivity index (χ3n) is 3.69. The molecule has 0 aromatic rings. The van der Waals surface area contributed by atoms with Crippen molar-refractivity contribution in [1.82, 2.24) is 15.5 Å². The minimum absolute atomic E-state index is 0.0111. The van der Waals surface area contributed by atoms with Crippen LogP contribution < -0.4 is 10.6 Å². The first kappa shape index (κ1) is 13.3. The van der Waals surface area contributed by atoms with Gasteiger partial charge in [-0.2, -0.15) is 0 Å². The smallest absolute Gasteiger partial charge is 0.242 e. The summed E-state index contributed by atoms with van der Waals surface area (Å²) in [7, 11) is 0. The lowest BCUT2D eigenvalue weighted by atomic mass is 10.0. The van der Waals surface area contributed by atoms with Crippen LogP contribution in [0.5, 0.6) is 0 Å². The van der Waals surface area contributed by atoms with Gasteiger partial charge in [0, 0.05) is 12.6 Å². The van der Waals surface area contributed by atoms with Crippen LogP contribution >= 0.6 is 0 Å². The molecule has 5 heteroatoms. The van der Waals surface area contributed by atoms with Gasteiger partial charge in [0.25, 0.3) is 0 Å². The number of hydrogen-bond donors (Lipinski definition) is 2. The van der Waals surface area contributed by atoms with Crippen LogP contribution in [0.4, 0.5) is 0 Å². The predicted molar refractivity (Wildman–Crippen MR) is 69.0 cm³/mol. The molecule has 2 atom stereocenters. The second-order valence-corrected chi connectivity index (χ2v) is 5.24. The number of piperidine rings is 1. The number of carbonyl (C=O) groups is 2. The number of hydrogen-bond acceptors (Lipinski definition) is 3. The Morgan fingerprint density at radius 2 is 2.17 bits per heavy atom. The molecule has 0 radical (unpaired) electrons. The highest BCUT2D eigenvalue weighted by Crippen LogP contribution is 2.20. The summed E-state index contributed by atoms with van der Waals surface area (Å²) in [5.74, 6) is 0.0598. The minimum Gasteiger partial charge on any atom is -0.352 e. The quantitative estimate of drug-likeness (QED) is 0.738. The van der Waals surface area contributed by atoms with Gasteiger partial charge < -0.3 is 15.5 Å². The molecule has 2 fully saturated rings. The topological polar surface area (TPSA) is 61.4 Å². The fourth-order valence-corrected chi connectivity index (χ4v) is 2.41. The van der Waals surface area contributed by atoms with Crippen LogP contribution in [0.1, 0.15) is 39.5 Å². The molecule has 0 aromatic carbocycles. The number of likely N-dealkylation sites (N-methyl/N-ethyl adjacent to an activating group) is 1. The van der Waals surface area contributed by atoms with Gasteiger partial charge in [0.2, 0.25) is 11.8 Å². The van der Waals surface area contributed by atoms with E-state index in [9.17, 15) is 9.59 Å². The molecule has 1 heterocycles. The van der Waals surface area contributed by atoms with Crippen molar-refractivity contribution in [3.05, 3.63) is 0 Å². The van der Waals surface area contributed by atoms with Crippen molar-refractivity contribution in [2.45, 2.75) is 57.7 Å². The summed E-state index contributed by atoms with van der Waals surface area (Å²) in [6.07, 6.45) is 3.99. The lowest BCUT2D eigenvalue weighted by molar-refractivity contribution is -0.143. The Morgan fingerprint density at radius 1 is 1.44 bits per heavy atom. The Bertz CT molecular complexity index is 326. The number of likely N-dealkylation sites (tertiary alicyclic amines) is 1. The Hall–Kier alpha value is -1.10. The summed E-state index contributed by atoms with van der Waals surface area (Å²) in [5.41, 5.74) is 0. The molecule has 0 bridgehead atoms. The zero-order valence-electron chi connectivity index (χ0n) is 11.2. The predicted octanol–water partition coefficient (Wildman–Crippen LogP) is 0.254. The standard InChI is InChI=1S/C13H23N3O2/c1-3-14-11-5-4-8-16(13(11)18)9(2)12(17)15-10-6-7-10/h9-11,14H,3-8H2,1-2H3,(H,15,17). The van der Waals surface area contributed by atoms with E-state index in [0.29, 0.717) is 12.6 Å². The first-order valence-corrected chi connectivity index (χ1v) is 6.97. The van der Waals surface area contributed by atoms with E-state index in [2.05, 4.69) is 10.6 Å². The van der Waals surface area contributed by atoms with Gasteiger partial charge in [0.15, 0.2) is 0 Å². The second-order valence-electron chi connectivity index (χ2n) is 5.24. The molecule has 1 aliphatic carbocycles. The van der Waals surface area contributed by atoms with Gasteiger partial charge >= 0.3 is 0 Å². The van der Waals surface area contributed by atoms with E-state index in [1.807, 2.05) is 13.8 Å². The fraction of sp³-hybridized carbons (Fsp3) is 0.846. The average Bonchev–Trinajstić information content (AvgIpc) is 3.15. The van der Waals surface area contributed by atoms with Crippen LogP contribution in [0.15, 0.2) is 0 Å². The van der Waals surface area contributed by atoms with Crippen molar-refractivity contribution in [3.63, 3.8) is 0 Å². The van der Waals surface area contributed by atoms with Gasteiger partial charge in [-0.05, 0) is 39.2 Å². The molecule has 5 nitrogen and oxygen atoms in total. The van der Waals surface area contributed by atoms with Crippen molar-refractivity contribution >= 4 is 11.8 Å². The zero-order chi connectivity index (χ0) is 13.1. The molecule has 1 aliphatic heterocycles. The molecule has 2 amide bonds. The largest absolute Gasteiger partial charge is 0.352 e. The summed E-state index contributed by atoms with van der Waals surface area (Å²) in [6, 6.07) is -0.108. The normalized spacial score (nSPS) is 26.0. The van der Waals surface area contributed by atoms with E-state index in [-0.39, 0.29) is 23.9 Å². The summed E-state index contributed by atoms with van der Waals surface area (Å²) in [6.45, 7) is 5.30. The van der Waals surface area contributed by atoms with Gasteiger partial charge in [-0.15, -0.1) is 0 Å². The Balaban J connectivity index is 1.92. The lowest BCUT2D eigenvalue weighted by Gasteiger charge is -2.36. The van der Waals surface area contributed by atoms with Crippen molar-refractivity contribution in [3.8, 4) is 0 Å². The van der Waals surface area contributed by atoms with Crippen LogP contribution in [0, 0.1) is 0 Å². The zero-order valence-corrected chi connectivity index (χ0v) is 11.2. The van der Waals surface area contributed by atoms with E-state index in [0.717, 1.165) is 32.2 Å². The molecule has 0 spiro atoms. The van der Waals surface area contributed by atoms with Crippen molar-refractivity contribution in [1.29, 1.82) is 0 Å². The lowest BCUT2D eigenvalue weighted by Crippen LogP contribution is -2.57. The summed E-state index contributed by atoms with van der Waals surface area (Å²) >= 11 is 0. The van der Waals surface area contributed by atoms with Gasteiger partial charge in [-0.25, -0.2) is 0 Å². The van der Waals surface area contributed by atoms with Crippen LogP contribution in [0.3, 0.4) is 0 Å². The third-order valence-corrected chi connectivity index (χ3v) is 3.69. The van der Waals surface area contributed by atoms with Gasteiger partial charge in [0.1, 0.15) is 6.04 Å². The van der Waals surface area contributed by atoms with Crippen molar-refractivity contribution < 1.29 is 9.59 Å². The third kappa shape index (κ3) is 3.02. The maximum Gasteiger partial charge on any atom is 0.242 e. The molecule has 2 aliphatic rings. The van der Waals surface area contributed by atoms with Gasteiger partial charge in [-0.1, -0.05) is 6.92 Å². The van der Waals surface area contributed by atoms with Crippen LogP contribution in [-0.2, 0) is 9.59 Å². The molecular formula is C13H23N3O2. The van der Waals surface area contributed by atoms with Gasteiger partial charge in [-0.3, -0.25) is 9.59 Å². The summed E-state index contributed by atoms with van der Waals surface area (Å²) in [5, 5.41) is 6.15. The number of rotatable bonds is 5. The Morgan fingerprint density at radius 3 is 2.78 bits per heavy atom. The van der Waals surface area contributed by atoms with E-state index >= 15 is 0 Å². The molecule has 2 rings (SSSR count). The maximum absolute atomic E-state index is 12.2. The Labute approximate surface area is 108 Å². The highest BCUT2D eigenvalue weighted by Gasteiger charge is 2.35. The minimum atomic E-state index is -0.348. The molecule has 102 valence electrons. The number of carbonyl (C=O) groups excluding carboxylic acids is 2. The molecule has 2 N–H and O–H groups in total. The number of amides is 2. The molecule has 1 saturated heterocycles. The molecule has 2 unspecified atom stereocenters. The SMILES string of the molecule is CCNC1CCCN(C(C)C(=O)NC2CC2)C1=O. The molecular weight excluding hydrogens is 230 g/mol. The first-order chi connectivity index (χ1) is 8.63. The highest BCUT2D eigenvalue weighted by molar-refractivity contribution is 5.90. The Kier molecular flexibility index (Phi) is 4.22. The fourth-order valence-electron chi connectivity index (χ4n) is 2.41. The highest BCUT2D eigenvalue weighted by atomic mass is 16.2. The van der Waals surface area contributed by atoms with Gasteiger partial charge in [0.05, 0.1) is 6.04 Å². The average molecular weight is 253 g/mol. The maximum atomic E-state index is 12.2. The number of nitrogens with zero attached hydrogens (tertiary/aromatic N) is 1. The number of nitrogens with one attached hydrogen (secondary N) is 2. The first-order valence-electron chi connectivity index (χ1n) is 6.97. The van der Waals surface area contributed by atoms with Crippen LogP contribution in [-0.4, -0.2) is 47.9 Å². The van der Waals surface area contributed by atoms with Crippen LogP contribution in [0.25, 0.3) is 0 Å². The summed E-state index contributed by atoms with van der Waals surface area (Å²) < 4.78 is 0. The van der Waals surface area contributed by atoms with E-state index < -0.39 is 0 Å². The van der Waals surface area contributed by atoms with E-state index in [4.69, 9.17) is 0 Å². The second kappa shape index (κ2) is 5.69. The van der Waals surface area contributed by atoms with Crippen molar-refractivity contribution in [2.75, 3.05) is 13.1 Å². The van der Waals surface area contributed by atoms with Crippen molar-refractivity contribution in [2.24, 2.45) is 0 Å². The van der Waals surface area contributed by atoms with E-state index in [1.54, 1.807) is 4.90 Å². The monoisotopic (exact) mass is 253 g/mol.